The van der Waals surface area contributed by atoms with Gasteiger partial charge >= 0.3 is 6.09 Å². The molecule has 24 heavy (non-hydrogen) atoms. The third-order valence-corrected chi connectivity index (χ3v) is 5.58. The van der Waals surface area contributed by atoms with E-state index < -0.39 is 6.09 Å². The Bertz CT molecular complexity index is 723. The first-order valence-corrected chi connectivity index (χ1v) is 8.60. The molecule has 3 aliphatic rings. The Balaban J connectivity index is 1.82. The second-order valence-corrected chi connectivity index (χ2v) is 6.82. The summed E-state index contributed by atoms with van der Waals surface area (Å²) in [5.74, 6) is 0. The number of amides is 1. The molecule has 0 aliphatic carbocycles. The van der Waals surface area contributed by atoms with Crippen molar-refractivity contribution in [1.82, 2.24) is 4.90 Å². The van der Waals surface area contributed by atoms with Gasteiger partial charge in [0.25, 0.3) is 0 Å². The molecule has 3 saturated heterocycles. The Morgan fingerprint density at radius 2 is 1.50 bits per heavy atom. The SMILES string of the molecule is O=C(O)N(c1ccccc1-c1ccccc1)C12CCN(CC1)CC2. The van der Waals surface area contributed by atoms with Gasteiger partial charge in [0.1, 0.15) is 0 Å². The molecule has 1 N–H and O–H groups in total. The molecule has 3 aliphatic heterocycles. The van der Waals surface area contributed by atoms with Crippen LogP contribution in [-0.2, 0) is 0 Å². The van der Waals surface area contributed by atoms with Crippen molar-refractivity contribution in [2.75, 3.05) is 24.5 Å². The van der Waals surface area contributed by atoms with E-state index in [9.17, 15) is 9.90 Å². The monoisotopic (exact) mass is 322 g/mol. The molecule has 5 rings (SSSR count). The number of nitrogens with zero attached hydrogens (tertiary/aromatic N) is 2. The van der Waals surface area contributed by atoms with Crippen LogP contribution in [0.1, 0.15) is 19.3 Å². The van der Waals surface area contributed by atoms with E-state index in [0.29, 0.717) is 0 Å². The smallest absolute Gasteiger partial charge is 0.412 e. The fourth-order valence-electron chi connectivity index (χ4n) is 4.24. The highest BCUT2D eigenvalue weighted by molar-refractivity contribution is 5.94. The molecule has 0 aromatic heterocycles. The first-order valence-electron chi connectivity index (χ1n) is 8.60. The third-order valence-electron chi connectivity index (χ3n) is 5.58. The number of hydrogen-bond acceptors (Lipinski definition) is 2. The van der Waals surface area contributed by atoms with Crippen LogP contribution in [0.4, 0.5) is 10.5 Å². The predicted molar refractivity (Wildman–Crippen MR) is 95.4 cm³/mol. The Morgan fingerprint density at radius 1 is 0.917 bits per heavy atom. The zero-order chi connectivity index (χ0) is 16.6. The molecule has 0 radical (unpaired) electrons. The van der Waals surface area contributed by atoms with E-state index in [1.54, 1.807) is 4.90 Å². The molecule has 4 heteroatoms. The van der Waals surface area contributed by atoms with Gasteiger partial charge in [-0.1, -0.05) is 48.5 Å². The van der Waals surface area contributed by atoms with E-state index in [1.165, 1.54) is 0 Å². The van der Waals surface area contributed by atoms with Crippen LogP contribution in [0.2, 0.25) is 0 Å². The van der Waals surface area contributed by atoms with Gasteiger partial charge in [-0.2, -0.15) is 0 Å². The number of benzene rings is 2. The number of piperidine rings is 3. The van der Waals surface area contributed by atoms with E-state index in [-0.39, 0.29) is 5.54 Å². The van der Waals surface area contributed by atoms with Crippen molar-refractivity contribution < 1.29 is 9.90 Å². The summed E-state index contributed by atoms with van der Waals surface area (Å²) in [6.45, 7) is 2.99. The molecular formula is C20H22N2O2. The van der Waals surface area contributed by atoms with Gasteiger partial charge in [-0.05, 0) is 30.9 Å². The van der Waals surface area contributed by atoms with Crippen molar-refractivity contribution in [1.29, 1.82) is 0 Å². The lowest BCUT2D eigenvalue weighted by atomic mass is 9.78. The van der Waals surface area contributed by atoms with Crippen LogP contribution in [0.3, 0.4) is 0 Å². The Kier molecular flexibility index (Phi) is 3.77. The van der Waals surface area contributed by atoms with Crippen molar-refractivity contribution >= 4 is 11.8 Å². The van der Waals surface area contributed by atoms with Gasteiger partial charge in [0, 0.05) is 25.2 Å². The molecule has 3 heterocycles. The lowest BCUT2D eigenvalue weighted by Crippen LogP contribution is -2.62. The lowest BCUT2D eigenvalue weighted by Gasteiger charge is -2.53. The van der Waals surface area contributed by atoms with Crippen LogP contribution in [0.5, 0.6) is 0 Å². The van der Waals surface area contributed by atoms with Crippen LogP contribution < -0.4 is 4.90 Å². The van der Waals surface area contributed by atoms with Crippen LogP contribution in [-0.4, -0.2) is 41.3 Å². The minimum atomic E-state index is -0.839. The second kappa shape index (κ2) is 5.95. The molecule has 2 aromatic carbocycles. The maximum atomic E-state index is 12.3. The number of carboxylic acid groups (broad SMARTS) is 1. The predicted octanol–water partition coefficient (Wildman–Crippen LogP) is 4.08. The molecule has 3 fully saturated rings. The summed E-state index contributed by atoms with van der Waals surface area (Å²) < 4.78 is 0. The Labute approximate surface area is 142 Å². The minimum absolute atomic E-state index is 0.258. The summed E-state index contributed by atoms with van der Waals surface area (Å²) >= 11 is 0. The third kappa shape index (κ3) is 2.47. The zero-order valence-corrected chi connectivity index (χ0v) is 13.7. The minimum Gasteiger partial charge on any atom is -0.465 e. The Morgan fingerprint density at radius 3 is 2.12 bits per heavy atom. The number of anilines is 1. The highest BCUT2D eigenvalue weighted by atomic mass is 16.4. The van der Waals surface area contributed by atoms with Gasteiger partial charge < -0.3 is 10.0 Å². The number of carbonyl (C=O) groups is 1. The summed E-state index contributed by atoms with van der Waals surface area (Å²) in [7, 11) is 0. The topological polar surface area (TPSA) is 43.8 Å². The average Bonchev–Trinajstić information content (AvgIpc) is 2.64. The van der Waals surface area contributed by atoms with Crippen LogP contribution in [0.25, 0.3) is 11.1 Å². The van der Waals surface area contributed by atoms with Crippen molar-refractivity contribution in [3.05, 3.63) is 54.6 Å². The van der Waals surface area contributed by atoms with Crippen molar-refractivity contribution in [3.8, 4) is 11.1 Å². The van der Waals surface area contributed by atoms with E-state index in [0.717, 1.165) is 55.7 Å². The fourth-order valence-corrected chi connectivity index (χ4v) is 4.24. The zero-order valence-electron chi connectivity index (χ0n) is 13.7. The summed E-state index contributed by atoms with van der Waals surface area (Å²) in [6.07, 6.45) is 1.92. The van der Waals surface area contributed by atoms with Gasteiger partial charge in [0.15, 0.2) is 0 Å². The highest BCUT2D eigenvalue weighted by Crippen LogP contribution is 2.43. The number of para-hydroxylation sites is 1. The quantitative estimate of drug-likeness (QED) is 0.926. The van der Waals surface area contributed by atoms with Gasteiger partial charge in [-0.25, -0.2) is 4.79 Å². The molecule has 2 bridgehead atoms. The average molecular weight is 322 g/mol. The van der Waals surface area contributed by atoms with Crippen molar-refractivity contribution in [2.45, 2.75) is 24.8 Å². The van der Waals surface area contributed by atoms with Gasteiger partial charge in [0.05, 0.1) is 11.2 Å². The first-order chi connectivity index (χ1) is 11.7. The largest absolute Gasteiger partial charge is 0.465 e. The normalized spacial score (nSPS) is 25.4. The number of hydrogen-bond donors (Lipinski definition) is 1. The standard InChI is InChI=1S/C20H22N2O2/c23-19(24)22(20-10-13-21(14-11-20)15-12-20)18-9-5-4-8-17(18)16-6-2-1-3-7-16/h1-9H,10-15H2,(H,23,24). The van der Waals surface area contributed by atoms with Crippen LogP contribution in [0, 0.1) is 0 Å². The number of rotatable bonds is 3. The van der Waals surface area contributed by atoms with E-state index in [2.05, 4.69) is 4.90 Å². The van der Waals surface area contributed by atoms with Gasteiger partial charge in [-0.15, -0.1) is 0 Å². The fraction of sp³-hybridized carbons (Fsp3) is 0.350. The molecule has 0 spiro atoms. The second-order valence-electron chi connectivity index (χ2n) is 6.82. The van der Waals surface area contributed by atoms with E-state index in [1.807, 2.05) is 54.6 Å². The summed E-state index contributed by atoms with van der Waals surface area (Å²) in [6, 6.07) is 17.9. The molecular weight excluding hydrogens is 300 g/mol. The summed E-state index contributed by atoms with van der Waals surface area (Å²) in [5, 5.41) is 10.1. The number of fused-ring (bicyclic) bond motifs is 3. The molecule has 2 aromatic rings. The lowest BCUT2D eigenvalue weighted by molar-refractivity contribution is 0.0783. The first kappa shape index (κ1) is 15.2. The maximum absolute atomic E-state index is 12.3. The Hall–Kier alpha value is -2.33. The molecule has 124 valence electrons. The van der Waals surface area contributed by atoms with Crippen molar-refractivity contribution in [3.63, 3.8) is 0 Å². The highest BCUT2D eigenvalue weighted by Gasteiger charge is 2.47. The molecule has 0 atom stereocenters. The molecule has 4 nitrogen and oxygen atoms in total. The maximum Gasteiger partial charge on any atom is 0.412 e. The molecule has 1 amide bonds. The molecule has 0 unspecified atom stereocenters. The van der Waals surface area contributed by atoms with Crippen LogP contribution in [0.15, 0.2) is 54.6 Å². The van der Waals surface area contributed by atoms with Gasteiger partial charge in [-0.3, -0.25) is 4.90 Å². The van der Waals surface area contributed by atoms with E-state index in [4.69, 9.17) is 0 Å². The van der Waals surface area contributed by atoms with Gasteiger partial charge in [0.2, 0.25) is 0 Å². The summed E-state index contributed by atoms with van der Waals surface area (Å²) in [5.41, 5.74) is 2.60. The van der Waals surface area contributed by atoms with Crippen LogP contribution >= 0.6 is 0 Å². The molecule has 0 saturated carbocycles. The van der Waals surface area contributed by atoms with E-state index >= 15 is 0 Å². The van der Waals surface area contributed by atoms with Crippen molar-refractivity contribution in [2.24, 2.45) is 0 Å². The summed E-state index contributed by atoms with van der Waals surface area (Å²) in [4.78, 5) is 16.4.